The van der Waals surface area contributed by atoms with Crippen LogP contribution in [0.1, 0.15) is 28.9 Å². The van der Waals surface area contributed by atoms with Gasteiger partial charge in [0.25, 0.3) is 0 Å². The average Bonchev–Trinajstić information content (AvgIpc) is 2.92. The van der Waals surface area contributed by atoms with Crippen LogP contribution < -0.4 is 14.8 Å². The molecule has 0 aliphatic rings. The highest BCUT2D eigenvalue weighted by atomic mass is 19.1. The SMILES string of the molecule is C[C@@H](NCCOc1ccc(-c2ccc(C(=O)O)c(Oc3ccc(F)cc3)c2)cc1)[C@H](O)c1ccc(O)cc1. The van der Waals surface area contributed by atoms with Crippen LogP contribution in [0.5, 0.6) is 23.0 Å². The Balaban J connectivity index is 1.34. The third-order valence-corrected chi connectivity index (χ3v) is 5.99. The Hall–Kier alpha value is -4.40. The van der Waals surface area contributed by atoms with Crippen LogP contribution in [0, 0.1) is 5.82 Å². The molecular weight excluding hydrogens is 489 g/mol. The lowest BCUT2D eigenvalue weighted by atomic mass is 10.0. The molecule has 38 heavy (non-hydrogen) atoms. The van der Waals surface area contributed by atoms with Crippen molar-refractivity contribution in [1.29, 1.82) is 0 Å². The largest absolute Gasteiger partial charge is 0.508 e. The molecule has 8 heteroatoms. The maximum Gasteiger partial charge on any atom is 0.339 e. The molecule has 196 valence electrons. The minimum Gasteiger partial charge on any atom is -0.508 e. The normalized spacial score (nSPS) is 12.5. The predicted molar refractivity (Wildman–Crippen MR) is 141 cm³/mol. The van der Waals surface area contributed by atoms with Gasteiger partial charge < -0.3 is 30.1 Å². The Morgan fingerprint density at radius 3 is 2.18 bits per heavy atom. The number of ether oxygens (including phenoxy) is 2. The molecule has 4 N–H and O–H groups in total. The summed E-state index contributed by atoms with van der Waals surface area (Å²) in [6, 6.07) is 23.7. The summed E-state index contributed by atoms with van der Waals surface area (Å²) in [6.45, 7) is 2.77. The topological polar surface area (TPSA) is 108 Å². The van der Waals surface area contributed by atoms with E-state index in [9.17, 15) is 24.5 Å². The number of hydrogen-bond acceptors (Lipinski definition) is 6. The summed E-state index contributed by atoms with van der Waals surface area (Å²) in [7, 11) is 0. The highest BCUT2D eigenvalue weighted by molar-refractivity contribution is 5.92. The monoisotopic (exact) mass is 517 g/mol. The van der Waals surface area contributed by atoms with Gasteiger partial charge in [-0.05, 0) is 84.3 Å². The fourth-order valence-electron chi connectivity index (χ4n) is 3.86. The van der Waals surface area contributed by atoms with E-state index in [1.165, 1.54) is 42.5 Å². The Labute approximate surface area is 219 Å². The standard InChI is InChI=1S/C30H28FNO6/c1-19(29(34)21-2-9-24(33)10-3-21)32-16-17-37-25-11-4-20(5-12-25)22-6-15-27(30(35)36)28(18-22)38-26-13-7-23(31)8-14-26/h2-15,18-19,29,32-34H,16-17H2,1H3,(H,35,36)/t19-,29+/m1/s1. The zero-order chi connectivity index (χ0) is 27.1. The van der Waals surface area contributed by atoms with E-state index in [0.717, 1.165) is 11.1 Å². The number of aliphatic hydroxyl groups is 1. The summed E-state index contributed by atoms with van der Waals surface area (Å²) in [5.41, 5.74) is 2.29. The molecule has 7 nitrogen and oxygen atoms in total. The maximum atomic E-state index is 13.2. The van der Waals surface area contributed by atoms with Gasteiger partial charge in [-0.15, -0.1) is 0 Å². The van der Waals surface area contributed by atoms with Crippen molar-refractivity contribution in [1.82, 2.24) is 5.32 Å². The molecule has 0 fully saturated rings. The summed E-state index contributed by atoms with van der Waals surface area (Å²) >= 11 is 0. The van der Waals surface area contributed by atoms with Gasteiger partial charge in [0.05, 0.1) is 6.10 Å². The van der Waals surface area contributed by atoms with Crippen LogP contribution in [0.25, 0.3) is 11.1 Å². The number of aromatic carboxylic acids is 1. The van der Waals surface area contributed by atoms with Gasteiger partial charge >= 0.3 is 5.97 Å². The van der Waals surface area contributed by atoms with Gasteiger partial charge in [-0.25, -0.2) is 9.18 Å². The number of carboxylic acid groups (broad SMARTS) is 1. The first-order chi connectivity index (χ1) is 18.3. The first kappa shape index (κ1) is 26.7. The average molecular weight is 518 g/mol. The number of hydrogen-bond donors (Lipinski definition) is 4. The number of aromatic hydroxyl groups is 1. The summed E-state index contributed by atoms with van der Waals surface area (Å²) in [6.07, 6.45) is -0.723. The van der Waals surface area contributed by atoms with E-state index in [1.54, 1.807) is 24.3 Å². The molecular formula is C30H28FNO6. The molecule has 4 rings (SSSR count). The minimum atomic E-state index is -1.13. The predicted octanol–water partition coefficient (Wildman–Crippen LogP) is 5.78. The van der Waals surface area contributed by atoms with Crippen LogP contribution in [-0.4, -0.2) is 40.5 Å². The molecule has 0 aliphatic heterocycles. The van der Waals surface area contributed by atoms with Crippen molar-refractivity contribution in [2.75, 3.05) is 13.2 Å². The second kappa shape index (κ2) is 12.2. The fourth-order valence-corrected chi connectivity index (χ4v) is 3.86. The number of halogens is 1. The number of nitrogens with one attached hydrogen (secondary N) is 1. The Morgan fingerprint density at radius 2 is 1.53 bits per heavy atom. The lowest BCUT2D eigenvalue weighted by molar-refractivity contribution is 0.0694. The van der Waals surface area contributed by atoms with Gasteiger partial charge in [0, 0.05) is 12.6 Å². The summed E-state index contributed by atoms with van der Waals surface area (Å²) in [4.78, 5) is 11.7. The third-order valence-electron chi connectivity index (χ3n) is 5.99. The van der Waals surface area contributed by atoms with Gasteiger partial charge in [-0.3, -0.25) is 0 Å². The molecule has 0 heterocycles. The molecule has 4 aromatic carbocycles. The highest BCUT2D eigenvalue weighted by Gasteiger charge is 2.16. The summed E-state index contributed by atoms with van der Waals surface area (Å²) in [5.74, 6) is -0.256. The van der Waals surface area contributed by atoms with Crippen molar-refractivity contribution in [3.8, 4) is 34.1 Å². The van der Waals surface area contributed by atoms with E-state index in [-0.39, 0.29) is 23.1 Å². The van der Waals surface area contributed by atoms with E-state index in [2.05, 4.69) is 5.32 Å². The number of phenolic OH excluding ortho intramolecular Hbond substituents is 1. The Morgan fingerprint density at radius 1 is 0.895 bits per heavy atom. The molecule has 0 bridgehead atoms. The molecule has 0 saturated carbocycles. The van der Waals surface area contributed by atoms with Gasteiger partial charge in [0.2, 0.25) is 0 Å². The fraction of sp³-hybridized carbons (Fsp3) is 0.167. The van der Waals surface area contributed by atoms with Crippen LogP contribution in [0.15, 0.2) is 91.0 Å². The van der Waals surface area contributed by atoms with Gasteiger partial charge in [0.1, 0.15) is 41.0 Å². The van der Waals surface area contributed by atoms with Gasteiger partial charge in [-0.1, -0.05) is 30.3 Å². The number of aliphatic hydroxyl groups excluding tert-OH is 1. The van der Waals surface area contributed by atoms with Crippen LogP contribution in [-0.2, 0) is 0 Å². The van der Waals surface area contributed by atoms with Crippen molar-refractivity contribution in [3.63, 3.8) is 0 Å². The molecule has 0 radical (unpaired) electrons. The summed E-state index contributed by atoms with van der Waals surface area (Å²) < 4.78 is 24.8. The highest BCUT2D eigenvalue weighted by Crippen LogP contribution is 2.32. The second-order valence-electron chi connectivity index (χ2n) is 8.72. The quantitative estimate of drug-likeness (QED) is 0.187. The maximum absolute atomic E-state index is 13.2. The van der Waals surface area contributed by atoms with Gasteiger partial charge in [0.15, 0.2) is 0 Å². The first-order valence-corrected chi connectivity index (χ1v) is 12.0. The van der Waals surface area contributed by atoms with Crippen molar-refractivity contribution in [2.45, 2.75) is 19.1 Å². The van der Waals surface area contributed by atoms with Crippen LogP contribution in [0.2, 0.25) is 0 Å². The number of phenols is 1. The van der Waals surface area contributed by atoms with E-state index in [1.807, 2.05) is 31.2 Å². The molecule has 0 saturated heterocycles. The van der Waals surface area contributed by atoms with Gasteiger partial charge in [-0.2, -0.15) is 0 Å². The molecule has 2 atom stereocenters. The van der Waals surface area contributed by atoms with E-state index in [0.29, 0.717) is 30.2 Å². The number of benzene rings is 4. The van der Waals surface area contributed by atoms with Crippen molar-refractivity contribution in [3.05, 3.63) is 108 Å². The molecule has 0 amide bonds. The number of carbonyl (C=O) groups is 1. The number of carboxylic acids is 1. The smallest absolute Gasteiger partial charge is 0.339 e. The van der Waals surface area contributed by atoms with Crippen LogP contribution in [0.4, 0.5) is 4.39 Å². The summed E-state index contributed by atoms with van der Waals surface area (Å²) in [5, 5.41) is 32.6. The third kappa shape index (κ3) is 6.88. The second-order valence-corrected chi connectivity index (χ2v) is 8.72. The Kier molecular flexibility index (Phi) is 8.58. The van der Waals surface area contributed by atoms with Crippen molar-refractivity contribution < 1.29 is 34.0 Å². The molecule has 0 aliphatic carbocycles. The lowest BCUT2D eigenvalue weighted by Crippen LogP contribution is -2.35. The van der Waals surface area contributed by atoms with E-state index in [4.69, 9.17) is 9.47 Å². The lowest BCUT2D eigenvalue weighted by Gasteiger charge is -2.21. The van der Waals surface area contributed by atoms with Crippen LogP contribution in [0.3, 0.4) is 0 Å². The number of rotatable bonds is 11. The van der Waals surface area contributed by atoms with Crippen molar-refractivity contribution in [2.24, 2.45) is 0 Å². The van der Waals surface area contributed by atoms with E-state index < -0.39 is 17.9 Å². The molecule has 0 spiro atoms. The zero-order valence-electron chi connectivity index (χ0n) is 20.7. The van der Waals surface area contributed by atoms with Crippen molar-refractivity contribution >= 4 is 5.97 Å². The van der Waals surface area contributed by atoms with Crippen LogP contribution >= 0.6 is 0 Å². The Bertz CT molecular complexity index is 1360. The molecule has 0 unspecified atom stereocenters. The van der Waals surface area contributed by atoms with E-state index >= 15 is 0 Å². The zero-order valence-corrected chi connectivity index (χ0v) is 20.7. The molecule has 4 aromatic rings. The first-order valence-electron chi connectivity index (χ1n) is 12.0. The minimum absolute atomic E-state index is 0.00436. The molecule has 0 aromatic heterocycles.